The van der Waals surface area contributed by atoms with Crippen LogP contribution in [0.25, 0.3) is 0 Å². The second-order valence-corrected chi connectivity index (χ2v) is 5.07. The van der Waals surface area contributed by atoms with Gasteiger partial charge < -0.3 is 10.4 Å². The zero-order valence-corrected chi connectivity index (χ0v) is 12.4. The summed E-state index contributed by atoms with van der Waals surface area (Å²) in [4.78, 5) is 12.4. The lowest BCUT2D eigenvalue weighted by Crippen LogP contribution is -2.29. The summed E-state index contributed by atoms with van der Waals surface area (Å²) in [5, 5.41) is 16.2. The molecular formula is C16H21N3O2. The molecule has 0 aliphatic carbocycles. The first kappa shape index (κ1) is 15.3. The highest BCUT2D eigenvalue weighted by molar-refractivity contribution is 5.95. The van der Waals surface area contributed by atoms with Crippen LogP contribution in [0, 0.1) is 6.92 Å². The summed E-state index contributed by atoms with van der Waals surface area (Å²) in [6.07, 6.45) is 2.93. The van der Waals surface area contributed by atoms with E-state index in [0.29, 0.717) is 18.4 Å². The van der Waals surface area contributed by atoms with Crippen molar-refractivity contribution in [1.82, 2.24) is 15.1 Å². The second-order valence-electron chi connectivity index (χ2n) is 5.07. The summed E-state index contributed by atoms with van der Waals surface area (Å²) >= 11 is 0. The van der Waals surface area contributed by atoms with Crippen LogP contribution in [-0.4, -0.2) is 27.4 Å². The van der Waals surface area contributed by atoms with Crippen molar-refractivity contribution in [3.63, 3.8) is 0 Å². The third-order valence-corrected chi connectivity index (χ3v) is 3.64. The first-order valence-electron chi connectivity index (χ1n) is 7.08. The first-order chi connectivity index (χ1) is 10.1. The number of aliphatic hydroxyl groups excluding tert-OH is 1. The van der Waals surface area contributed by atoms with Crippen molar-refractivity contribution in [2.45, 2.75) is 25.8 Å². The van der Waals surface area contributed by atoms with Crippen LogP contribution < -0.4 is 5.32 Å². The van der Waals surface area contributed by atoms with Gasteiger partial charge in [0.25, 0.3) is 5.91 Å². The van der Waals surface area contributed by atoms with Crippen LogP contribution in [0.1, 0.15) is 40.5 Å². The molecule has 5 nitrogen and oxygen atoms in total. The van der Waals surface area contributed by atoms with Crippen molar-refractivity contribution < 1.29 is 9.90 Å². The molecule has 0 aliphatic heterocycles. The van der Waals surface area contributed by atoms with E-state index in [1.807, 2.05) is 44.3 Å². The lowest BCUT2D eigenvalue weighted by atomic mass is 10.0. The van der Waals surface area contributed by atoms with E-state index in [1.54, 1.807) is 10.9 Å². The molecule has 2 aromatic rings. The van der Waals surface area contributed by atoms with E-state index in [1.165, 1.54) is 0 Å². The van der Waals surface area contributed by atoms with Crippen molar-refractivity contribution in [3.8, 4) is 0 Å². The van der Waals surface area contributed by atoms with Crippen LogP contribution in [-0.2, 0) is 7.05 Å². The maximum absolute atomic E-state index is 12.4. The quantitative estimate of drug-likeness (QED) is 0.853. The van der Waals surface area contributed by atoms with Gasteiger partial charge in [-0.3, -0.25) is 9.48 Å². The van der Waals surface area contributed by atoms with Gasteiger partial charge in [0.1, 0.15) is 0 Å². The number of rotatable bonds is 6. The summed E-state index contributed by atoms with van der Waals surface area (Å²) in [7, 11) is 1.81. The molecule has 1 heterocycles. The van der Waals surface area contributed by atoms with E-state index >= 15 is 0 Å². The Morgan fingerprint density at radius 1 is 1.38 bits per heavy atom. The number of carbonyl (C=O) groups excluding carboxylic acids is 1. The molecule has 2 N–H and O–H groups in total. The third kappa shape index (κ3) is 3.70. The Morgan fingerprint density at radius 2 is 2.10 bits per heavy atom. The summed E-state index contributed by atoms with van der Waals surface area (Å²) in [6, 6.07) is 9.70. The molecule has 112 valence electrons. The van der Waals surface area contributed by atoms with Crippen LogP contribution in [0.5, 0.6) is 0 Å². The fourth-order valence-corrected chi connectivity index (χ4v) is 2.26. The Labute approximate surface area is 124 Å². The number of aryl methyl sites for hydroxylation is 1. The van der Waals surface area contributed by atoms with Gasteiger partial charge in [-0.1, -0.05) is 30.3 Å². The summed E-state index contributed by atoms with van der Waals surface area (Å²) in [6.45, 7) is 1.98. The van der Waals surface area contributed by atoms with Crippen LogP contribution in [0.15, 0.2) is 36.5 Å². The molecule has 1 unspecified atom stereocenters. The van der Waals surface area contributed by atoms with Crippen molar-refractivity contribution in [2.75, 3.05) is 6.61 Å². The molecule has 0 bridgehead atoms. The van der Waals surface area contributed by atoms with E-state index in [0.717, 1.165) is 11.3 Å². The number of aromatic nitrogens is 2. The number of hydrogen-bond donors (Lipinski definition) is 2. The molecule has 0 radical (unpaired) electrons. The van der Waals surface area contributed by atoms with Crippen LogP contribution >= 0.6 is 0 Å². The number of amides is 1. The lowest BCUT2D eigenvalue weighted by Gasteiger charge is -2.19. The predicted molar refractivity (Wildman–Crippen MR) is 80.9 cm³/mol. The molecule has 5 heteroatoms. The number of carbonyl (C=O) groups is 1. The fraction of sp³-hybridized carbons (Fsp3) is 0.375. The molecule has 0 saturated carbocycles. The number of benzene rings is 1. The lowest BCUT2D eigenvalue weighted by molar-refractivity contribution is 0.0931. The monoisotopic (exact) mass is 287 g/mol. The number of hydrogen-bond acceptors (Lipinski definition) is 3. The van der Waals surface area contributed by atoms with Crippen molar-refractivity contribution in [3.05, 3.63) is 53.3 Å². The Kier molecular flexibility index (Phi) is 5.11. The van der Waals surface area contributed by atoms with Crippen molar-refractivity contribution >= 4 is 5.91 Å². The zero-order chi connectivity index (χ0) is 15.2. The van der Waals surface area contributed by atoms with E-state index in [2.05, 4.69) is 10.4 Å². The average molecular weight is 287 g/mol. The zero-order valence-electron chi connectivity index (χ0n) is 12.4. The Bertz CT molecular complexity index is 593. The molecule has 1 atom stereocenters. The summed E-state index contributed by atoms with van der Waals surface area (Å²) in [5.74, 6) is -0.132. The van der Waals surface area contributed by atoms with Gasteiger partial charge >= 0.3 is 0 Å². The maximum Gasteiger partial charge on any atom is 0.255 e. The van der Waals surface area contributed by atoms with E-state index in [9.17, 15) is 4.79 Å². The molecule has 21 heavy (non-hydrogen) atoms. The minimum atomic E-state index is -0.132. The molecule has 0 saturated heterocycles. The van der Waals surface area contributed by atoms with Crippen LogP contribution in [0.3, 0.4) is 0 Å². The van der Waals surface area contributed by atoms with Gasteiger partial charge in [-0.15, -0.1) is 0 Å². The molecule has 1 aromatic carbocycles. The molecule has 1 amide bonds. The Hall–Kier alpha value is -2.14. The van der Waals surface area contributed by atoms with Gasteiger partial charge in [0.15, 0.2) is 0 Å². The fourth-order valence-electron chi connectivity index (χ4n) is 2.26. The van der Waals surface area contributed by atoms with E-state index in [-0.39, 0.29) is 18.6 Å². The van der Waals surface area contributed by atoms with Crippen molar-refractivity contribution in [1.29, 1.82) is 0 Å². The number of aliphatic hydroxyl groups is 1. The van der Waals surface area contributed by atoms with Gasteiger partial charge in [0.2, 0.25) is 0 Å². The molecule has 1 aromatic heterocycles. The maximum atomic E-state index is 12.4. The van der Waals surface area contributed by atoms with Crippen molar-refractivity contribution in [2.24, 2.45) is 7.05 Å². The SMILES string of the molecule is Cc1c(C(=O)NC(CCCO)c2ccccc2)cnn1C. The Morgan fingerprint density at radius 3 is 2.67 bits per heavy atom. The van der Waals surface area contributed by atoms with Gasteiger partial charge in [0, 0.05) is 19.3 Å². The molecule has 0 fully saturated rings. The number of nitrogens with zero attached hydrogens (tertiary/aromatic N) is 2. The van der Waals surface area contributed by atoms with E-state index in [4.69, 9.17) is 5.11 Å². The highest BCUT2D eigenvalue weighted by Gasteiger charge is 2.18. The normalized spacial score (nSPS) is 12.1. The second kappa shape index (κ2) is 7.04. The van der Waals surface area contributed by atoms with Gasteiger partial charge in [-0.25, -0.2) is 0 Å². The number of nitrogens with one attached hydrogen (secondary N) is 1. The smallest absolute Gasteiger partial charge is 0.255 e. The largest absolute Gasteiger partial charge is 0.396 e. The topological polar surface area (TPSA) is 67.2 Å². The van der Waals surface area contributed by atoms with Crippen LogP contribution in [0.2, 0.25) is 0 Å². The minimum Gasteiger partial charge on any atom is -0.396 e. The van der Waals surface area contributed by atoms with Gasteiger partial charge in [-0.2, -0.15) is 5.10 Å². The third-order valence-electron chi connectivity index (χ3n) is 3.64. The molecular weight excluding hydrogens is 266 g/mol. The summed E-state index contributed by atoms with van der Waals surface area (Å²) in [5.41, 5.74) is 2.46. The minimum absolute atomic E-state index is 0.106. The van der Waals surface area contributed by atoms with E-state index < -0.39 is 0 Å². The standard InChI is InChI=1S/C16H21N3O2/c1-12-14(11-17-19(12)2)16(21)18-15(9-6-10-20)13-7-4-3-5-8-13/h3-5,7-8,11,15,20H,6,9-10H2,1-2H3,(H,18,21). The molecule has 2 rings (SSSR count). The summed E-state index contributed by atoms with van der Waals surface area (Å²) < 4.78 is 1.68. The highest BCUT2D eigenvalue weighted by Crippen LogP contribution is 2.19. The molecule has 0 aliphatic rings. The molecule has 0 spiro atoms. The van der Waals surface area contributed by atoms with Crippen LogP contribution in [0.4, 0.5) is 0 Å². The van der Waals surface area contributed by atoms with Gasteiger partial charge in [-0.05, 0) is 25.3 Å². The van der Waals surface area contributed by atoms with Gasteiger partial charge in [0.05, 0.1) is 17.8 Å². The average Bonchev–Trinajstić information content (AvgIpc) is 2.84. The Balaban J connectivity index is 2.15. The first-order valence-corrected chi connectivity index (χ1v) is 7.08. The highest BCUT2D eigenvalue weighted by atomic mass is 16.3. The predicted octanol–water partition coefficient (Wildman–Crippen LogP) is 1.97.